The number of pyridine rings is 1. The first-order valence-electron chi connectivity index (χ1n) is 5.15. The lowest BCUT2D eigenvalue weighted by Crippen LogP contribution is -2.54. The summed E-state index contributed by atoms with van der Waals surface area (Å²) in [6, 6.07) is 3.79. The van der Waals surface area contributed by atoms with Gasteiger partial charge in [0.15, 0.2) is 0 Å². The quantitative estimate of drug-likeness (QED) is 0.510. The van der Waals surface area contributed by atoms with Gasteiger partial charge in [0.05, 0.1) is 31.1 Å². The molecule has 0 fully saturated rings. The Morgan fingerprint density at radius 3 is 2.25 bits per heavy atom. The largest absolute Gasteiger partial charge is 0.394 e. The van der Waals surface area contributed by atoms with Gasteiger partial charge in [0.2, 0.25) is 0 Å². The predicted molar refractivity (Wildman–Crippen MR) is 59.8 cm³/mol. The Hall–Kier alpha value is -1.01. The summed E-state index contributed by atoms with van der Waals surface area (Å²) in [4.78, 5) is 4.18. The van der Waals surface area contributed by atoms with Crippen molar-refractivity contribution in [3.8, 4) is 0 Å². The van der Waals surface area contributed by atoms with Crippen molar-refractivity contribution < 1.29 is 15.3 Å². The zero-order valence-electron chi connectivity index (χ0n) is 9.35. The molecule has 0 radical (unpaired) electrons. The van der Waals surface area contributed by atoms with Gasteiger partial charge in [0.1, 0.15) is 0 Å². The number of hydrogen-bond donors (Lipinski definition) is 4. The van der Waals surface area contributed by atoms with Crippen LogP contribution in [0, 0.1) is 6.92 Å². The monoisotopic (exact) mass is 226 g/mol. The predicted octanol–water partition coefficient (Wildman–Crippen LogP) is -0.805. The van der Waals surface area contributed by atoms with Gasteiger partial charge in [-0.1, -0.05) is 6.07 Å². The van der Waals surface area contributed by atoms with E-state index >= 15 is 0 Å². The Bertz CT molecular complexity index is 301. The first-order valence-corrected chi connectivity index (χ1v) is 5.15. The third-order valence-corrected chi connectivity index (χ3v) is 2.53. The maximum Gasteiger partial charge on any atom is 0.0884 e. The van der Waals surface area contributed by atoms with Crippen LogP contribution in [0.2, 0.25) is 0 Å². The van der Waals surface area contributed by atoms with E-state index in [0.717, 1.165) is 11.3 Å². The minimum atomic E-state index is -1.05. The van der Waals surface area contributed by atoms with Crippen molar-refractivity contribution in [2.75, 3.05) is 19.8 Å². The highest BCUT2D eigenvalue weighted by Crippen LogP contribution is 2.04. The summed E-state index contributed by atoms with van der Waals surface area (Å²) >= 11 is 0. The van der Waals surface area contributed by atoms with Crippen molar-refractivity contribution in [1.29, 1.82) is 0 Å². The van der Waals surface area contributed by atoms with Crippen molar-refractivity contribution in [3.05, 3.63) is 29.6 Å². The molecule has 0 amide bonds. The van der Waals surface area contributed by atoms with E-state index in [0.29, 0.717) is 6.54 Å². The Morgan fingerprint density at radius 2 is 1.81 bits per heavy atom. The first-order chi connectivity index (χ1) is 7.65. The van der Waals surface area contributed by atoms with Gasteiger partial charge in [0.25, 0.3) is 0 Å². The van der Waals surface area contributed by atoms with Gasteiger partial charge in [-0.2, -0.15) is 0 Å². The molecule has 0 unspecified atom stereocenters. The summed E-state index contributed by atoms with van der Waals surface area (Å²) in [6.07, 6.45) is 1.75. The maximum absolute atomic E-state index is 9.10. The average molecular weight is 226 g/mol. The zero-order valence-corrected chi connectivity index (χ0v) is 9.35. The molecule has 16 heavy (non-hydrogen) atoms. The molecule has 0 aliphatic carbocycles. The van der Waals surface area contributed by atoms with Crippen LogP contribution in [-0.2, 0) is 6.54 Å². The molecule has 5 heteroatoms. The second-order valence-electron chi connectivity index (χ2n) is 3.94. The molecule has 0 saturated carbocycles. The van der Waals surface area contributed by atoms with Crippen molar-refractivity contribution in [2.24, 2.45) is 0 Å². The minimum absolute atomic E-state index is 0.328. The van der Waals surface area contributed by atoms with E-state index in [1.165, 1.54) is 0 Å². The Kier molecular flexibility index (Phi) is 4.82. The van der Waals surface area contributed by atoms with E-state index in [-0.39, 0.29) is 19.8 Å². The molecule has 1 rings (SSSR count). The van der Waals surface area contributed by atoms with Gasteiger partial charge in [-0.3, -0.25) is 10.3 Å². The van der Waals surface area contributed by atoms with E-state index in [9.17, 15) is 0 Å². The molecule has 1 aromatic rings. The second kappa shape index (κ2) is 5.91. The van der Waals surface area contributed by atoms with Crippen LogP contribution in [0.5, 0.6) is 0 Å². The smallest absolute Gasteiger partial charge is 0.0884 e. The SMILES string of the molecule is Cc1ccc(CNC(CO)(CO)CO)nc1. The molecule has 5 nitrogen and oxygen atoms in total. The number of nitrogens with zero attached hydrogens (tertiary/aromatic N) is 1. The first kappa shape index (κ1) is 13.1. The average Bonchev–Trinajstić information content (AvgIpc) is 2.34. The molecule has 4 N–H and O–H groups in total. The number of aliphatic hydroxyl groups excluding tert-OH is 3. The van der Waals surface area contributed by atoms with E-state index in [1.807, 2.05) is 19.1 Å². The number of hydrogen-bond acceptors (Lipinski definition) is 5. The number of aromatic nitrogens is 1. The van der Waals surface area contributed by atoms with Crippen LogP contribution in [0.1, 0.15) is 11.3 Å². The van der Waals surface area contributed by atoms with Gasteiger partial charge >= 0.3 is 0 Å². The van der Waals surface area contributed by atoms with Crippen LogP contribution < -0.4 is 5.32 Å². The molecule has 1 aromatic heterocycles. The number of rotatable bonds is 6. The summed E-state index contributed by atoms with van der Waals surface area (Å²) in [5.41, 5.74) is 0.818. The van der Waals surface area contributed by atoms with Crippen molar-refractivity contribution in [1.82, 2.24) is 10.3 Å². The fourth-order valence-electron chi connectivity index (χ4n) is 1.20. The lowest BCUT2D eigenvalue weighted by atomic mass is 10.0. The van der Waals surface area contributed by atoms with Crippen molar-refractivity contribution in [2.45, 2.75) is 19.0 Å². The van der Waals surface area contributed by atoms with E-state index in [1.54, 1.807) is 6.20 Å². The number of nitrogens with one attached hydrogen (secondary N) is 1. The fourth-order valence-corrected chi connectivity index (χ4v) is 1.20. The molecule has 0 saturated heterocycles. The molecular formula is C11H18N2O3. The van der Waals surface area contributed by atoms with Gasteiger partial charge in [-0.15, -0.1) is 0 Å². The summed E-state index contributed by atoms with van der Waals surface area (Å²) in [7, 11) is 0. The summed E-state index contributed by atoms with van der Waals surface area (Å²) in [5, 5.41) is 30.2. The standard InChI is InChI=1S/C11H18N2O3/c1-9-2-3-10(12-4-9)5-13-11(6-14,7-15)8-16/h2-4,13-16H,5-8H2,1H3. The minimum Gasteiger partial charge on any atom is -0.394 e. The lowest BCUT2D eigenvalue weighted by molar-refractivity contribution is 0.0411. The van der Waals surface area contributed by atoms with Gasteiger partial charge in [-0.05, 0) is 18.6 Å². The van der Waals surface area contributed by atoms with Gasteiger partial charge < -0.3 is 15.3 Å². The Balaban J connectivity index is 2.58. The van der Waals surface area contributed by atoms with Gasteiger partial charge in [-0.25, -0.2) is 0 Å². The van der Waals surface area contributed by atoms with Crippen LogP contribution in [0.15, 0.2) is 18.3 Å². The second-order valence-corrected chi connectivity index (χ2v) is 3.94. The number of aryl methyl sites for hydroxylation is 1. The fraction of sp³-hybridized carbons (Fsp3) is 0.545. The maximum atomic E-state index is 9.10. The van der Waals surface area contributed by atoms with Gasteiger partial charge in [0, 0.05) is 12.7 Å². The van der Waals surface area contributed by atoms with Crippen molar-refractivity contribution in [3.63, 3.8) is 0 Å². The highest BCUT2D eigenvalue weighted by molar-refractivity contribution is 5.12. The molecule has 0 aliphatic rings. The molecule has 0 spiro atoms. The summed E-state index contributed by atoms with van der Waals surface area (Å²) < 4.78 is 0. The van der Waals surface area contributed by atoms with E-state index in [2.05, 4.69) is 10.3 Å². The van der Waals surface area contributed by atoms with Crippen LogP contribution in [0.4, 0.5) is 0 Å². The number of aliphatic hydroxyl groups is 3. The van der Waals surface area contributed by atoms with E-state index in [4.69, 9.17) is 15.3 Å². The normalized spacial score (nSPS) is 11.8. The summed E-state index contributed by atoms with van der Waals surface area (Å²) in [5.74, 6) is 0. The third kappa shape index (κ3) is 3.24. The van der Waals surface area contributed by atoms with Crippen LogP contribution in [-0.4, -0.2) is 45.7 Å². The van der Waals surface area contributed by atoms with Crippen LogP contribution >= 0.6 is 0 Å². The molecule has 0 atom stereocenters. The van der Waals surface area contributed by atoms with Crippen molar-refractivity contribution >= 4 is 0 Å². The zero-order chi connectivity index (χ0) is 12.0. The lowest BCUT2D eigenvalue weighted by Gasteiger charge is -2.28. The molecule has 0 aliphatic heterocycles. The molecule has 0 aromatic carbocycles. The molecule has 1 heterocycles. The molecule has 0 bridgehead atoms. The topological polar surface area (TPSA) is 85.6 Å². The van der Waals surface area contributed by atoms with Crippen LogP contribution in [0.3, 0.4) is 0 Å². The van der Waals surface area contributed by atoms with Crippen LogP contribution in [0.25, 0.3) is 0 Å². The molecule has 90 valence electrons. The Labute approximate surface area is 94.8 Å². The summed E-state index contributed by atoms with van der Waals surface area (Å²) in [6.45, 7) is 1.36. The highest BCUT2D eigenvalue weighted by atomic mass is 16.3. The third-order valence-electron chi connectivity index (χ3n) is 2.53. The Morgan fingerprint density at radius 1 is 1.19 bits per heavy atom. The van der Waals surface area contributed by atoms with E-state index < -0.39 is 5.54 Å². The highest BCUT2D eigenvalue weighted by Gasteiger charge is 2.27. The molecular weight excluding hydrogens is 208 g/mol.